The standard InChI is InChI=1S/C21H32N6O.HI/c1-6-7-8-15-26(3)21(23-16-20-25-24-17(2)27(20)4)22-14-13-18-9-11-19(28-5)12-10-18;/h6,9-12H,1,7-8,13-16H2,2-5H3,(H,22,23);1H. The fraction of sp³-hybridized carbons (Fsp3) is 0.476. The van der Waals surface area contributed by atoms with Gasteiger partial charge in [0.25, 0.3) is 0 Å². The van der Waals surface area contributed by atoms with E-state index in [1.807, 2.05) is 36.7 Å². The lowest BCUT2D eigenvalue weighted by Crippen LogP contribution is -2.40. The van der Waals surface area contributed by atoms with Crippen LogP contribution in [0, 0.1) is 6.92 Å². The van der Waals surface area contributed by atoms with Crippen LogP contribution in [-0.4, -0.2) is 52.9 Å². The smallest absolute Gasteiger partial charge is 0.194 e. The lowest BCUT2D eigenvalue weighted by Gasteiger charge is -2.22. The quantitative estimate of drug-likeness (QED) is 0.174. The molecule has 7 nitrogen and oxygen atoms in total. The Labute approximate surface area is 191 Å². The van der Waals surface area contributed by atoms with Gasteiger partial charge in [-0.3, -0.25) is 0 Å². The van der Waals surface area contributed by atoms with Crippen LogP contribution in [0.4, 0.5) is 0 Å². The molecule has 160 valence electrons. The van der Waals surface area contributed by atoms with Gasteiger partial charge >= 0.3 is 0 Å². The molecule has 0 spiro atoms. The highest BCUT2D eigenvalue weighted by atomic mass is 127. The van der Waals surface area contributed by atoms with Crippen molar-refractivity contribution < 1.29 is 4.74 Å². The summed E-state index contributed by atoms with van der Waals surface area (Å²) in [5.74, 6) is 3.49. The minimum absolute atomic E-state index is 0. The molecule has 0 aliphatic carbocycles. The highest BCUT2D eigenvalue weighted by Crippen LogP contribution is 2.11. The molecule has 0 aliphatic rings. The van der Waals surface area contributed by atoms with Crippen molar-refractivity contribution in [3.05, 3.63) is 54.1 Å². The Morgan fingerprint density at radius 2 is 2.03 bits per heavy atom. The van der Waals surface area contributed by atoms with Crippen LogP contribution < -0.4 is 10.1 Å². The van der Waals surface area contributed by atoms with Gasteiger partial charge in [-0.2, -0.15) is 0 Å². The number of nitrogens with zero attached hydrogens (tertiary/aromatic N) is 5. The first-order chi connectivity index (χ1) is 13.5. The number of benzene rings is 1. The van der Waals surface area contributed by atoms with Crippen molar-refractivity contribution in [2.24, 2.45) is 12.0 Å². The Bertz CT molecular complexity index is 772. The molecule has 1 aromatic carbocycles. The zero-order valence-electron chi connectivity index (χ0n) is 17.9. The molecule has 0 saturated heterocycles. The Morgan fingerprint density at radius 1 is 1.31 bits per heavy atom. The summed E-state index contributed by atoms with van der Waals surface area (Å²) in [4.78, 5) is 6.92. The summed E-state index contributed by atoms with van der Waals surface area (Å²) in [6.07, 6.45) is 4.89. The number of ether oxygens (including phenoxy) is 1. The van der Waals surface area contributed by atoms with E-state index in [0.717, 1.165) is 55.7 Å². The van der Waals surface area contributed by atoms with Crippen LogP contribution in [0.15, 0.2) is 41.9 Å². The number of unbranched alkanes of at least 4 members (excludes halogenated alkanes) is 1. The molecule has 2 aromatic rings. The van der Waals surface area contributed by atoms with E-state index in [2.05, 4.69) is 46.2 Å². The van der Waals surface area contributed by atoms with Crippen LogP contribution in [0.5, 0.6) is 5.75 Å². The fourth-order valence-corrected chi connectivity index (χ4v) is 2.74. The van der Waals surface area contributed by atoms with E-state index in [9.17, 15) is 0 Å². The number of halogens is 1. The molecule has 0 saturated carbocycles. The van der Waals surface area contributed by atoms with E-state index < -0.39 is 0 Å². The van der Waals surface area contributed by atoms with Crippen molar-refractivity contribution in [3.8, 4) is 5.75 Å². The topological polar surface area (TPSA) is 67.6 Å². The Balaban J connectivity index is 0.00000420. The van der Waals surface area contributed by atoms with Crippen molar-refractivity contribution in [1.29, 1.82) is 0 Å². The summed E-state index contributed by atoms with van der Waals surface area (Å²) in [6.45, 7) is 7.94. The average molecular weight is 512 g/mol. The fourth-order valence-electron chi connectivity index (χ4n) is 2.74. The van der Waals surface area contributed by atoms with Crippen molar-refractivity contribution >= 4 is 29.9 Å². The molecule has 29 heavy (non-hydrogen) atoms. The molecule has 1 N–H and O–H groups in total. The molecule has 0 unspecified atom stereocenters. The number of methoxy groups -OCH3 is 1. The first-order valence-electron chi connectivity index (χ1n) is 9.63. The number of hydrogen-bond donors (Lipinski definition) is 1. The average Bonchev–Trinajstić information content (AvgIpc) is 3.03. The molecule has 1 aromatic heterocycles. The summed E-state index contributed by atoms with van der Waals surface area (Å²) in [5.41, 5.74) is 1.26. The van der Waals surface area contributed by atoms with Gasteiger partial charge in [-0.1, -0.05) is 18.2 Å². The third-order valence-corrected chi connectivity index (χ3v) is 4.67. The molecule has 2 rings (SSSR count). The van der Waals surface area contributed by atoms with E-state index >= 15 is 0 Å². The number of aliphatic imine (C=N–C) groups is 1. The largest absolute Gasteiger partial charge is 0.497 e. The van der Waals surface area contributed by atoms with Gasteiger partial charge in [0.15, 0.2) is 11.8 Å². The lowest BCUT2D eigenvalue weighted by molar-refractivity contribution is 0.414. The maximum Gasteiger partial charge on any atom is 0.194 e. The van der Waals surface area contributed by atoms with Gasteiger partial charge in [0, 0.05) is 27.2 Å². The molecular formula is C21H33IN6O. The molecular weight excluding hydrogens is 479 g/mol. The number of allylic oxidation sites excluding steroid dienone is 1. The van der Waals surface area contributed by atoms with Gasteiger partial charge in [-0.15, -0.1) is 40.8 Å². The predicted octanol–water partition coefficient (Wildman–Crippen LogP) is 3.34. The summed E-state index contributed by atoms with van der Waals surface area (Å²) < 4.78 is 7.18. The monoisotopic (exact) mass is 512 g/mol. The van der Waals surface area contributed by atoms with Crippen LogP contribution in [0.25, 0.3) is 0 Å². The summed E-state index contributed by atoms with van der Waals surface area (Å²) in [6, 6.07) is 8.16. The molecule has 0 aliphatic heterocycles. The maximum absolute atomic E-state index is 5.21. The van der Waals surface area contributed by atoms with E-state index in [1.165, 1.54) is 5.56 Å². The first-order valence-corrected chi connectivity index (χ1v) is 9.63. The van der Waals surface area contributed by atoms with E-state index in [1.54, 1.807) is 7.11 Å². The molecule has 1 heterocycles. The molecule has 0 bridgehead atoms. The minimum Gasteiger partial charge on any atom is -0.497 e. The second-order valence-electron chi connectivity index (χ2n) is 6.74. The number of aryl methyl sites for hydroxylation is 1. The molecule has 0 radical (unpaired) electrons. The number of hydrogen-bond acceptors (Lipinski definition) is 4. The van der Waals surface area contributed by atoms with E-state index in [-0.39, 0.29) is 24.0 Å². The van der Waals surface area contributed by atoms with Gasteiger partial charge in [-0.05, 0) is 43.9 Å². The highest BCUT2D eigenvalue weighted by Gasteiger charge is 2.09. The molecule has 0 atom stereocenters. The van der Waals surface area contributed by atoms with Crippen LogP contribution in [-0.2, 0) is 20.0 Å². The second kappa shape index (κ2) is 13.2. The van der Waals surface area contributed by atoms with Crippen molar-refractivity contribution in [2.75, 3.05) is 27.2 Å². The van der Waals surface area contributed by atoms with Crippen molar-refractivity contribution in [3.63, 3.8) is 0 Å². The van der Waals surface area contributed by atoms with Gasteiger partial charge in [-0.25, -0.2) is 4.99 Å². The number of guanidine groups is 1. The summed E-state index contributed by atoms with van der Waals surface area (Å²) in [5, 5.41) is 11.8. The van der Waals surface area contributed by atoms with Crippen LogP contribution in [0.2, 0.25) is 0 Å². The zero-order chi connectivity index (χ0) is 20.4. The predicted molar refractivity (Wildman–Crippen MR) is 129 cm³/mol. The van der Waals surface area contributed by atoms with E-state index in [0.29, 0.717) is 6.54 Å². The van der Waals surface area contributed by atoms with Crippen molar-refractivity contribution in [2.45, 2.75) is 32.7 Å². The van der Waals surface area contributed by atoms with Crippen molar-refractivity contribution in [1.82, 2.24) is 25.0 Å². The maximum atomic E-state index is 5.21. The molecule has 8 heteroatoms. The minimum atomic E-state index is 0. The molecule has 0 amide bonds. The van der Waals surface area contributed by atoms with Crippen LogP contribution >= 0.6 is 24.0 Å². The third-order valence-electron chi connectivity index (χ3n) is 4.67. The number of rotatable bonds is 10. The Hall–Kier alpha value is -2.10. The van der Waals surface area contributed by atoms with Gasteiger partial charge in [0.2, 0.25) is 0 Å². The molecule has 0 fully saturated rings. The first kappa shape index (κ1) is 24.9. The van der Waals surface area contributed by atoms with Crippen LogP contribution in [0.3, 0.4) is 0 Å². The second-order valence-corrected chi connectivity index (χ2v) is 6.74. The normalized spacial score (nSPS) is 11.0. The number of aromatic nitrogens is 3. The summed E-state index contributed by atoms with van der Waals surface area (Å²) in [7, 11) is 5.70. The third kappa shape index (κ3) is 8.04. The summed E-state index contributed by atoms with van der Waals surface area (Å²) >= 11 is 0. The Morgan fingerprint density at radius 3 is 2.62 bits per heavy atom. The van der Waals surface area contributed by atoms with Gasteiger partial charge in [0.1, 0.15) is 18.1 Å². The van der Waals surface area contributed by atoms with Gasteiger partial charge < -0.3 is 19.5 Å². The zero-order valence-corrected chi connectivity index (χ0v) is 20.2. The van der Waals surface area contributed by atoms with Crippen LogP contribution in [0.1, 0.15) is 30.1 Å². The Kier molecular flexibility index (Phi) is 11.3. The lowest BCUT2D eigenvalue weighted by atomic mass is 10.1. The van der Waals surface area contributed by atoms with E-state index in [4.69, 9.17) is 9.73 Å². The SMILES string of the molecule is C=CCCCN(C)C(=NCc1nnc(C)n1C)NCCc1ccc(OC)cc1.I. The number of nitrogens with one attached hydrogen (secondary N) is 1. The highest BCUT2D eigenvalue weighted by molar-refractivity contribution is 14.0. The van der Waals surface area contributed by atoms with Gasteiger partial charge in [0.05, 0.1) is 7.11 Å².